The van der Waals surface area contributed by atoms with Crippen molar-refractivity contribution in [3.63, 3.8) is 0 Å². The fourth-order valence-corrected chi connectivity index (χ4v) is 3.98. The summed E-state index contributed by atoms with van der Waals surface area (Å²) in [5.41, 5.74) is -1.97. The molecule has 1 aliphatic rings. The SMILES string of the molecule is NS(=O)(=O)CC1(F)CCS(=O)(=O)CC1. The van der Waals surface area contributed by atoms with Gasteiger partial charge in [-0.1, -0.05) is 0 Å². The quantitative estimate of drug-likeness (QED) is 0.688. The molecule has 84 valence electrons. The van der Waals surface area contributed by atoms with Gasteiger partial charge in [-0.15, -0.1) is 0 Å². The predicted molar refractivity (Wildman–Crippen MR) is 49.7 cm³/mol. The summed E-state index contributed by atoms with van der Waals surface area (Å²) >= 11 is 0. The van der Waals surface area contributed by atoms with E-state index in [0.717, 1.165) is 0 Å². The van der Waals surface area contributed by atoms with E-state index in [-0.39, 0.29) is 24.3 Å². The van der Waals surface area contributed by atoms with E-state index in [9.17, 15) is 21.2 Å². The molecular formula is C6H12FNO4S2. The summed E-state index contributed by atoms with van der Waals surface area (Å²) in [6.45, 7) is 0. The second-order valence-corrected chi connectivity index (χ2v) is 7.53. The Hall–Kier alpha value is -0.210. The van der Waals surface area contributed by atoms with Crippen LogP contribution in [-0.2, 0) is 19.9 Å². The minimum absolute atomic E-state index is 0.286. The average Bonchev–Trinajstić information content (AvgIpc) is 1.93. The normalized spacial score (nSPS) is 25.9. The largest absolute Gasteiger partial charge is 0.243 e. The molecule has 0 unspecified atom stereocenters. The standard InChI is InChI=1S/C6H12FNO4S2/c7-6(5-14(8,11)12)1-3-13(9,10)4-2-6/h1-5H2,(H2,8,11,12). The molecule has 0 amide bonds. The second-order valence-electron chi connectivity index (χ2n) is 3.61. The lowest BCUT2D eigenvalue weighted by molar-refractivity contribution is 0.176. The zero-order valence-electron chi connectivity index (χ0n) is 7.44. The maximum atomic E-state index is 13.7. The van der Waals surface area contributed by atoms with Crippen molar-refractivity contribution in [1.82, 2.24) is 0 Å². The van der Waals surface area contributed by atoms with Gasteiger partial charge in [0.25, 0.3) is 0 Å². The van der Waals surface area contributed by atoms with Crippen LogP contribution in [0.25, 0.3) is 0 Å². The Labute approximate surface area is 82.4 Å². The van der Waals surface area contributed by atoms with Crippen LogP contribution in [0.4, 0.5) is 4.39 Å². The Balaban J connectivity index is 2.72. The number of primary sulfonamides is 1. The van der Waals surface area contributed by atoms with E-state index in [1.165, 1.54) is 0 Å². The van der Waals surface area contributed by atoms with Gasteiger partial charge in [-0.05, 0) is 12.8 Å². The monoisotopic (exact) mass is 245 g/mol. The van der Waals surface area contributed by atoms with Crippen LogP contribution in [0, 0.1) is 0 Å². The summed E-state index contributed by atoms with van der Waals surface area (Å²) in [4.78, 5) is 0. The van der Waals surface area contributed by atoms with Crippen molar-refractivity contribution in [2.75, 3.05) is 17.3 Å². The maximum absolute atomic E-state index is 13.7. The molecule has 5 nitrogen and oxygen atoms in total. The van der Waals surface area contributed by atoms with Gasteiger partial charge in [0.05, 0.1) is 17.3 Å². The summed E-state index contributed by atoms with van der Waals surface area (Å²) in [5.74, 6) is -1.41. The van der Waals surface area contributed by atoms with Crippen LogP contribution >= 0.6 is 0 Å². The van der Waals surface area contributed by atoms with E-state index >= 15 is 0 Å². The zero-order chi connectivity index (χ0) is 11.0. The minimum atomic E-state index is -3.89. The van der Waals surface area contributed by atoms with Crippen LogP contribution in [-0.4, -0.2) is 39.8 Å². The third-order valence-electron chi connectivity index (χ3n) is 2.18. The first-order valence-electron chi connectivity index (χ1n) is 4.02. The van der Waals surface area contributed by atoms with Gasteiger partial charge in [0.1, 0.15) is 5.67 Å². The fourth-order valence-electron chi connectivity index (χ4n) is 1.41. The second kappa shape index (κ2) is 3.42. The number of hydrogen-bond donors (Lipinski definition) is 1. The van der Waals surface area contributed by atoms with E-state index < -0.39 is 31.3 Å². The van der Waals surface area contributed by atoms with Crippen molar-refractivity contribution in [3.05, 3.63) is 0 Å². The highest BCUT2D eigenvalue weighted by Crippen LogP contribution is 2.28. The van der Waals surface area contributed by atoms with Crippen LogP contribution in [0.3, 0.4) is 0 Å². The lowest BCUT2D eigenvalue weighted by atomic mass is 10.0. The summed E-state index contributed by atoms with van der Waals surface area (Å²) in [7, 11) is -7.07. The number of hydrogen-bond acceptors (Lipinski definition) is 4. The molecular weight excluding hydrogens is 233 g/mol. The van der Waals surface area contributed by atoms with E-state index in [1.807, 2.05) is 0 Å². The van der Waals surface area contributed by atoms with E-state index in [0.29, 0.717) is 0 Å². The molecule has 0 bridgehead atoms. The van der Waals surface area contributed by atoms with Gasteiger partial charge in [0.2, 0.25) is 10.0 Å². The van der Waals surface area contributed by atoms with Crippen LogP contribution in [0.1, 0.15) is 12.8 Å². The van der Waals surface area contributed by atoms with Crippen molar-refractivity contribution < 1.29 is 21.2 Å². The highest BCUT2D eigenvalue weighted by atomic mass is 32.2. The van der Waals surface area contributed by atoms with Gasteiger partial charge in [0.15, 0.2) is 9.84 Å². The van der Waals surface area contributed by atoms with Crippen LogP contribution in [0.5, 0.6) is 0 Å². The number of alkyl halides is 1. The topological polar surface area (TPSA) is 94.3 Å². The minimum Gasteiger partial charge on any atom is -0.243 e. The van der Waals surface area contributed by atoms with Gasteiger partial charge >= 0.3 is 0 Å². The van der Waals surface area contributed by atoms with Crippen molar-refractivity contribution in [2.24, 2.45) is 5.14 Å². The van der Waals surface area contributed by atoms with Crippen LogP contribution < -0.4 is 5.14 Å². The van der Waals surface area contributed by atoms with Crippen LogP contribution in [0.15, 0.2) is 0 Å². The van der Waals surface area contributed by atoms with Crippen molar-refractivity contribution >= 4 is 19.9 Å². The van der Waals surface area contributed by atoms with E-state index in [2.05, 4.69) is 0 Å². The lowest BCUT2D eigenvalue weighted by Crippen LogP contribution is -2.42. The molecule has 0 saturated carbocycles. The summed E-state index contributed by atoms with van der Waals surface area (Å²) in [6.07, 6.45) is -0.572. The molecule has 0 aromatic rings. The zero-order valence-corrected chi connectivity index (χ0v) is 9.07. The maximum Gasteiger partial charge on any atom is 0.212 e. The fraction of sp³-hybridized carbons (Fsp3) is 1.00. The summed E-state index contributed by atoms with van der Waals surface area (Å²) in [5, 5.41) is 4.70. The molecule has 1 saturated heterocycles. The Morgan fingerprint density at radius 2 is 1.71 bits per heavy atom. The molecule has 0 aliphatic carbocycles. The van der Waals surface area contributed by atoms with E-state index in [1.54, 1.807) is 0 Å². The Morgan fingerprint density at radius 1 is 1.29 bits per heavy atom. The number of sulfonamides is 1. The molecule has 0 radical (unpaired) electrons. The molecule has 0 atom stereocenters. The number of sulfone groups is 1. The third kappa shape index (κ3) is 3.50. The van der Waals surface area contributed by atoms with Crippen molar-refractivity contribution in [3.8, 4) is 0 Å². The predicted octanol–water partition coefficient (Wildman–Crippen LogP) is -0.808. The summed E-state index contributed by atoms with van der Waals surface area (Å²) < 4.78 is 56.9. The average molecular weight is 245 g/mol. The molecule has 0 aromatic heterocycles. The first-order chi connectivity index (χ1) is 6.12. The highest BCUT2D eigenvalue weighted by Gasteiger charge is 2.40. The molecule has 1 fully saturated rings. The van der Waals surface area contributed by atoms with E-state index in [4.69, 9.17) is 5.14 Å². The molecule has 8 heteroatoms. The Kier molecular flexibility index (Phi) is 2.90. The van der Waals surface area contributed by atoms with Gasteiger partial charge in [-0.3, -0.25) is 0 Å². The smallest absolute Gasteiger partial charge is 0.212 e. The van der Waals surface area contributed by atoms with Crippen LogP contribution in [0.2, 0.25) is 0 Å². The number of rotatable bonds is 2. The highest BCUT2D eigenvalue weighted by molar-refractivity contribution is 7.91. The molecule has 1 rings (SSSR count). The van der Waals surface area contributed by atoms with Gasteiger partial charge in [-0.2, -0.15) is 0 Å². The molecule has 2 N–H and O–H groups in total. The Bertz CT molecular complexity index is 399. The van der Waals surface area contributed by atoms with Gasteiger partial charge in [-0.25, -0.2) is 26.4 Å². The van der Waals surface area contributed by atoms with Gasteiger partial charge in [0, 0.05) is 0 Å². The van der Waals surface area contributed by atoms with Gasteiger partial charge < -0.3 is 0 Å². The molecule has 1 aliphatic heterocycles. The lowest BCUT2D eigenvalue weighted by Gasteiger charge is -2.28. The molecule has 14 heavy (non-hydrogen) atoms. The third-order valence-corrected chi connectivity index (χ3v) is 4.75. The first kappa shape index (κ1) is 11.9. The first-order valence-corrected chi connectivity index (χ1v) is 7.55. The summed E-state index contributed by atoms with van der Waals surface area (Å²) in [6, 6.07) is 0. The number of nitrogens with two attached hydrogens (primary N) is 1. The molecule has 1 heterocycles. The Morgan fingerprint density at radius 3 is 2.07 bits per heavy atom. The number of halogens is 1. The van der Waals surface area contributed by atoms with Crippen molar-refractivity contribution in [2.45, 2.75) is 18.5 Å². The molecule has 0 aromatic carbocycles. The van der Waals surface area contributed by atoms with Crippen molar-refractivity contribution in [1.29, 1.82) is 0 Å². The molecule has 0 spiro atoms.